The van der Waals surface area contributed by atoms with Crippen molar-refractivity contribution >= 4 is 5.91 Å². The Morgan fingerprint density at radius 3 is 2.58 bits per heavy atom. The van der Waals surface area contributed by atoms with Crippen LogP contribution in [0.4, 0.5) is 0 Å². The average molecular weight is 264 g/mol. The van der Waals surface area contributed by atoms with E-state index in [1.165, 1.54) is 19.3 Å². The van der Waals surface area contributed by atoms with E-state index in [4.69, 9.17) is 5.73 Å². The van der Waals surface area contributed by atoms with Gasteiger partial charge in [-0.3, -0.25) is 4.79 Å². The fourth-order valence-corrected chi connectivity index (χ4v) is 4.65. The summed E-state index contributed by atoms with van der Waals surface area (Å²) >= 11 is 0. The summed E-state index contributed by atoms with van der Waals surface area (Å²) in [6.07, 6.45) is 7.02. The summed E-state index contributed by atoms with van der Waals surface area (Å²) in [6, 6.07) is 0.374. The summed E-state index contributed by atoms with van der Waals surface area (Å²) < 4.78 is 0. The fourth-order valence-electron chi connectivity index (χ4n) is 4.65. The largest absolute Gasteiger partial charge is 0.342 e. The van der Waals surface area contributed by atoms with Gasteiger partial charge in [0.2, 0.25) is 5.91 Å². The van der Waals surface area contributed by atoms with Crippen molar-refractivity contribution in [3.05, 3.63) is 0 Å². The lowest BCUT2D eigenvalue weighted by molar-refractivity contribution is -0.137. The van der Waals surface area contributed by atoms with Crippen LogP contribution in [0, 0.1) is 23.2 Å². The Morgan fingerprint density at radius 1 is 1.16 bits per heavy atom. The van der Waals surface area contributed by atoms with Crippen LogP contribution in [-0.4, -0.2) is 29.9 Å². The summed E-state index contributed by atoms with van der Waals surface area (Å²) in [7, 11) is 0. The first-order valence-electron chi connectivity index (χ1n) is 8.02. The van der Waals surface area contributed by atoms with Gasteiger partial charge in [-0.25, -0.2) is 0 Å². The maximum absolute atomic E-state index is 12.8. The van der Waals surface area contributed by atoms with Crippen molar-refractivity contribution in [3.63, 3.8) is 0 Å². The van der Waals surface area contributed by atoms with Crippen LogP contribution >= 0.6 is 0 Å². The van der Waals surface area contributed by atoms with Crippen LogP contribution in [0.15, 0.2) is 0 Å². The van der Waals surface area contributed by atoms with E-state index < -0.39 is 0 Å². The van der Waals surface area contributed by atoms with Gasteiger partial charge < -0.3 is 10.6 Å². The fraction of sp³-hybridized carbons (Fsp3) is 0.938. The second kappa shape index (κ2) is 4.76. The zero-order valence-corrected chi connectivity index (χ0v) is 12.4. The lowest BCUT2D eigenvalue weighted by Gasteiger charge is -2.30. The molecule has 0 aromatic heterocycles. The van der Waals surface area contributed by atoms with E-state index in [2.05, 4.69) is 18.7 Å². The van der Waals surface area contributed by atoms with E-state index in [9.17, 15) is 4.79 Å². The zero-order chi connectivity index (χ0) is 13.6. The summed E-state index contributed by atoms with van der Waals surface area (Å²) in [5, 5.41) is 0. The molecule has 3 heteroatoms. The van der Waals surface area contributed by atoms with Crippen molar-refractivity contribution in [3.8, 4) is 0 Å². The standard InChI is InChI=1S/C16H28N2O/c1-16(2)7-3-4-14(16)15(19)18-9-11-5-6-13(17)8-12(11)10-18/h11-14H,3-10,17H2,1-2H3/t11-,12+,13?,14?/m1/s1. The number of fused-ring (bicyclic) bond motifs is 1. The van der Waals surface area contributed by atoms with Crippen LogP contribution in [0.3, 0.4) is 0 Å². The minimum absolute atomic E-state index is 0.210. The average Bonchev–Trinajstić information content (AvgIpc) is 2.90. The van der Waals surface area contributed by atoms with Crippen molar-refractivity contribution in [2.24, 2.45) is 28.9 Å². The number of hydrogen-bond donors (Lipinski definition) is 1. The number of likely N-dealkylation sites (tertiary alicyclic amines) is 1. The molecule has 4 atom stereocenters. The number of hydrogen-bond acceptors (Lipinski definition) is 2. The molecular weight excluding hydrogens is 236 g/mol. The molecule has 2 aliphatic carbocycles. The Hall–Kier alpha value is -0.570. The van der Waals surface area contributed by atoms with Gasteiger partial charge in [0.1, 0.15) is 0 Å². The van der Waals surface area contributed by atoms with Gasteiger partial charge in [-0.05, 0) is 49.4 Å². The SMILES string of the molecule is CC1(C)CCCC1C(=O)N1C[C@H]2CCC(N)C[C@H]2C1. The molecule has 1 amide bonds. The molecule has 0 bridgehead atoms. The maximum atomic E-state index is 12.8. The first-order chi connectivity index (χ1) is 8.97. The van der Waals surface area contributed by atoms with E-state index in [-0.39, 0.29) is 11.3 Å². The van der Waals surface area contributed by atoms with E-state index in [0.29, 0.717) is 17.9 Å². The van der Waals surface area contributed by atoms with Crippen molar-refractivity contribution in [2.45, 2.75) is 58.4 Å². The molecule has 3 aliphatic rings. The van der Waals surface area contributed by atoms with Crippen molar-refractivity contribution in [1.29, 1.82) is 0 Å². The maximum Gasteiger partial charge on any atom is 0.226 e. The first kappa shape index (κ1) is 13.4. The highest BCUT2D eigenvalue weighted by Crippen LogP contribution is 2.45. The quantitative estimate of drug-likeness (QED) is 0.790. The van der Waals surface area contributed by atoms with Crippen LogP contribution < -0.4 is 5.73 Å². The predicted molar refractivity (Wildman–Crippen MR) is 76.5 cm³/mol. The van der Waals surface area contributed by atoms with Crippen LogP contribution in [0.25, 0.3) is 0 Å². The second-order valence-corrected chi connectivity index (χ2v) is 7.77. The van der Waals surface area contributed by atoms with Crippen LogP contribution in [0.2, 0.25) is 0 Å². The minimum atomic E-state index is 0.210. The van der Waals surface area contributed by atoms with Crippen molar-refractivity contribution in [2.75, 3.05) is 13.1 Å². The summed E-state index contributed by atoms with van der Waals surface area (Å²) in [5.74, 6) is 2.11. The smallest absolute Gasteiger partial charge is 0.226 e. The third-order valence-corrected chi connectivity index (χ3v) is 5.96. The molecule has 108 valence electrons. The third kappa shape index (κ3) is 2.42. The van der Waals surface area contributed by atoms with E-state index in [0.717, 1.165) is 38.3 Å². The summed E-state index contributed by atoms with van der Waals surface area (Å²) in [4.78, 5) is 15.0. The molecular formula is C16H28N2O. The van der Waals surface area contributed by atoms with Gasteiger partial charge in [-0.2, -0.15) is 0 Å². The first-order valence-corrected chi connectivity index (χ1v) is 8.02. The lowest BCUT2D eigenvalue weighted by atomic mass is 9.79. The topological polar surface area (TPSA) is 46.3 Å². The summed E-state index contributed by atoms with van der Waals surface area (Å²) in [5.41, 5.74) is 6.28. The van der Waals surface area contributed by atoms with Gasteiger partial charge in [-0.15, -0.1) is 0 Å². The minimum Gasteiger partial charge on any atom is -0.342 e. The van der Waals surface area contributed by atoms with Gasteiger partial charge >= 0.3 is 0 Å². The molecule has 2 unspecified atom stereocenters. The molecule has 19 heavy (non-hydrogen) atoms. The van der Waals surface area contributed by atoms with E-state index in [1.807, 2.05) is 0 Å². The molecule has 2 N–H and O–H groups in total. The number of nitrogens with two attached hydrogens (primary N) is 1. The van der Waals surface area contributed by atoms with Crippen molar-refractivity contribution in [1.82, 2.24) is 4.90 Å². The molecule has 0 radical (unpaired) electrons. The monoisotopic (exact) mass is 264 g/mol. The Kier molecular flexibility index (Phi) is 3.36. The van der Waals surface area contributed by atoms with Gasteiger partial charge in [0.15, 0.2) is 0 Å². The highest BCUT2D eigenvalue weighted by atomic mass is 16.2. The molecule has 0 aromatic carbocycles. The highest BCUT2D eigenvalue weighted by Gasteiger charge is 2.45. The molecule has 0 aromatic rings. The van der Waals surface area contributed by atoms with E-state index in [1.54, 1.807) is 0 Å². The highest BCUT2D eigenvalue weighted by molar-refractivity contribution is 5.80. The number of carbonyl (C=O) groups is 1. The molecule has 3 fully saturated rings. The second-order valence-electron chi connectivity index (χ2n) is 7.77. The van der Waals surface area contributed by atoms with Crippen LogP contribution in [0.1, 0.15) is 52.4 Å². The Bertz CT molecular complexity index is 366. The molecule has 3 rings (SSSR count). The van der Waals surface area contributed by atoms with Gasteiger partial charge in [0.05, 0.1) is 0 Å². The summed E-state index contributed by atoms with van der Waals surface area (Å²) in [6.45, 7) is 6.51. The normalized spacial score (nSPS) is 41.3. The molecule has 2 saturated carbocycles. The number of nitrogens with zero attached hydrogens (tertiary/aromatic N) is 1. The predicted octanol–water partition coefficient (Wildman–Crippen LogP) is 2.40. The van der Waals surface area contributed by atoms with Gasteiger partial charge in [0.25, 0.3) is 0 Å². The molecule has 0 spiro atoms. The number of carbonyl (C=O) groups excluding carboxylic acids is 1. The van der Waals surface area contributed by atoms with Crippen LogP contribution in [0.5, 0.6) is 0 Å². The molecule has 1 saturated heterocycles. The Labute approximate surface area is 116 Å². The Morgan fingerprint density at radius 2 is 1.89 bits per heavy atom. The molecule has 1 heterocycles. The third-order valence-electron chi connectivity index (χ3n) is 5.96. The molecule has 3 nitrogen and oxygen atoms in total. The van der Waals surface area contributed by atoms with Crippen molar-refractivity contribution < 1.29 is 4.79 Å². The lowest BCUT2D eigenvalue weighted by Crippen LogP contribution is -2.39. The van der Waals surface area contributed by atoms with Crippen LogP contribution in [-0.2, 0) is 4.79 Å². The molecule has 1 aliphatic heterocycles. The van der Waals surface area contributed by atoms with Gasteiger partial charge in [-0.1, -0.05) is 20.3 Å². The van der Waals surface area contributed by atoms with Gasteiger partial charge in [0, 0.05) is 25.0 Å². The van der Waals surface area contributed by atoms with E-state index >= 15 is 0 Å². The zero-order valence-electron chi connectivity index (χ0n) is 12.4. The Balaban J connectivity index is 1.66. The number of rotatable bonds is 1. The number of amides is 1.